The molecule has 1 aliphatic rings. The Morgan fingerprint density at radius 2 is 1.86 bits per heavy atom. The van der Waals surface area contributed by atoms with Gasteiger partial charge in [0.1, 0.15) is 0 Å². The smallest absolute Gasteiger partial charge is 0.224 e. The Morgan fingerprint density at radius 1 is 1.24 bits per heavy atom. The zero-order chi connectivity index (χ0) is 15.3. The molecular weight excluding hydrogens is 278 g/mol. The van der Waals surface area contributed by atoms with E-state index in [2.05, 4.69) is 31.8 Å². The third-order valence-corrected chi connectivity index (χ3v) is 4.77. The third-order valence-electron chi connectivity index (χ3n) is 4.47. The van der Waals surface area contributed by atoms with E-state index in [1.807, 2.05) is 24.3 Å². The average molecular weight is 305 g/mol. The fourth-order valence-corrected chi connectivity index (χ4v) is 3.74. The van der Waals surface area contributed by atoms with Gasteiger partial charge in [-0.3, -0.25) is 4.79 Å². The second-order valence-electron chi connectivity index (χ2n) is 6.93. The van der Waals surface area contributed by atoms with E-state index in [4.69, 9.17) is 0 Å². The van der Waals surface area contributed by atoms with E-state index in [1.54, 1.807) is 0 Å². The number of hydrogen-bond donors (Lipinski definition) is 2. The minimum atomic E-state index is 0.136. The van der Waals surface area contributed by atoms with Gasteiger partial charge >= 0.3 is 0 Å². The number of rotatable bonds is 6. The lowest BCUT2D eigenvalue weighted by atomic mass is 9.78. The fraction of sp³-hybridized carbons (Fsp3) is 0.611. The van der Waals surface area contributed by atoms with Crippen LogP contribution in [-0.4, -0.2) is 12.5 Å². The number of carbonyl (C=O) groups excluding carboxylic acids is 1. The first kappa shape index (κ1) is 16.4. The maximum Gasteiger partial charge on any atom is 0.224 e. The van der Waals surface area contributed by atoms with E-state index in [0.29, 0.717) is 17.8 Å². The summed E-state index contributed by atoms with van der Waals surface area (Å²) in [7, 11) is 0. The van der Waals surface area contributed by atoms with E-state index >= 15 is 0 Å². The van der Waals surface area contributed by atoms with Crippen LogP contribution in [-0.2, 0) is 11.2 Å². The highest BCUT2D eigenvalue weighted by atomic mass is 32.1. The monoisotopic (exact) mass is 305 g/mol. The van der Waals surface area contributed by atoms with Crippen LogP contribution in [0.25, 0.3) is 0 Å². The molecule has 1 fully saturated rings. The summed E-state index contributed by atoms with van der Waals surface area (Å²) in [6, 6.07) is 7.81. The van der Waals surface area contributed by atoms with Crippen LogP contribution >= 0.6 is 12.6 Å². The number of nitrogens with one attached hydrogen (secondary N) is 1. The van der Waals surface area contributed by atoms with Crippen molar-refractivity contribution in [2.24, 2.45) is 11.3 Å². The molecule has 2 rings (SSSR count). The quantitative estimate of drug-likeness (QED) is 0.756. The predicted octanol–water partition coefficient (Wildman–Crippen LogP) is 4.24. The van der Waals surface area contributed by atoms with Crippen molar-refractivity contribution < 1.29 is 4.79 Å². The highest BCUT2D eigenvalue weighted by molar-refractivity contribution is 7.80. The highest BCUT2D eigenvalue weighted by Crippen LogP contribution is 2.42. The summed E-state index contributed by atoms with van der Waals surface area (Å²) in [5.41, 5.74) is 1.40. The highest BCUT2D eigenvalue weighted by Gasteiger charge is 2.34. The molecule has 0 radical (unpaired) electrons. The van der Waals surface area contributed by atoms with Gasteiger partial charge < -0.3 is 5.32 Å². The van der Waals surface area contributed by atoms with Crippen LogP contribution in [0.1, 0.15) is 51.5 Å². The Balaban J connectivity index is 1.85. The molecule has 1 aromatic carbocycles. The molecular formula is C18H27NOS. The molecule has 116 valence electrons. The fourth-order valence-electron chi connectivity index (χ4n) is 3.59. The second kappa shape index (κ2) is 7.35. The lowest BCUT2D eigenvalue weighted by molar-refractivity contribution is -0.121. The first-order valence-electron chi connectivity index (χ1n) is 8.04. The molecule has 0 spiro atoms. The maximum atomic E-state index is 12.2. The molecule has 0 aromatic heterocycles. The number of carbonyl (C=O) groups is 1. The van der Waals surface area contributed by atoms with Crippen LogP contribution in [0, 0.1) is 11.3 Å². The van der Waals surface area contributed by atoms with Crippen LogP contribution < -0.4 is 5.32 Å². The molecule has 21 heavy (non-hydrogen) atoms. The molecule has 0 heterocycles. The molecule has 1 aliphatic carbocycles. The van der Waals surface area contributed by atoms with Crippen LogP contribution in [0.5, 0.6) is 0 Å². The number of hydrogen-bond acceptors (Lipinski definition) is 2. The lowest BCUT2D eigenvalue weighted by Crippen LogP contribution is -2.37. The predicted molar refractivity (Wildman–Crippen MR) is 90.8 cm³/mol. The largest absolute Gasteiger partial charge is 0.355 e. The van der Waals surface area contributed by atoms with Crippen molar-refractivity contribution >= 4 is 18.5 Å². The number of thiol groups is 1. The average Bonchev–Trinajstić information content (AvgIpc) is 2.87. The van der Waals surface area contributed by atoms with Crippen LogP contribution in [0.4, 0.5) is 0 Å². The summed E-state index contributed by atoms with van der Waals surface area (Å²) >= 11 is 4.26. The molecule has 0 atom stereocenters. The van der Waals surface area contributed by atoms with E-state index in [0.717, 1.165) is 17.0 Å². The van der Waals surface area contributed by atoms with E-state index < -0.39 is 0 Å². The van der Waals surface area contributed by atoms with Crippen molar-refractivity contribution in [1.29, 1.82) is 0 Å². The van der Waals surface area contributed by atoms with Crippen molar-refractivity contribution in [2.75, 3.05) is 6.54 Å². The normalized spacial score (nSPS) is 17.1. The number of amides is 1. The first-order valence-corrected chi connectivity index (χ1v) is 8.48. The van der Waals surface area contributed by atoms with Gasteiger partial charge in [-0.15, -0.1) is 12.6 Å². The lowest BCUT2D eigenvalue weighted by Gasteiger charge is -2.31. The van der Waals surface area contributed by atoms with Gasteiger partial charge in [-0.25, -0.2) is 0 Å². The summed E-state index contributed by atoms with van der Waals surface area (Å²) in [6.07, 6.45) is 6.84. The van der Waals surface area contributed by atoms with E-state index in [9.17, 15) is 4.79 Å². The molecule has 1 N–H and O–H groups in total. The first-order chi connectivity index (χ1) is 9.99. The molecule has 2 nitrogen and oxygen atoms in total. The van der Waals surface area contributed by atoms with Crippen molar-refractivity contribution in [3.05, 3.63) is 29.8 Å². The molecule has 1 amide bonds. The second-order valence-corrected chi connectivity index (χ2v) is 7.44. The van der Waals surface area contributed by atoms with Gasteiger partial charge in [0.05, 0.1) is 6.42 Å². The Hall–Kier alpha value is -0.960. The maximum absolute atomic E-state index is 12.2. The van der Waals surface area contributed by atoms with Crippen LogP contribution in [0.3, 0.4) is 0 Å². The molecule has 0 aliphatic heterocycles. The summed E-state index contributed by atoms with van der Waals surface area (Å²) in [6.45, 7) is 5.40. The van der Waals surface area contributed by atoms with Gasteiger partial charge in [-0.1, -0.05) is 38.8 Å². The zero-order valence-electron chi connectivity index (χ0n) is 13.2. The molecule has 0 saturated heterocycles. The topological polar surface area (TPSA) is 29.1 Å². The Morgan fingerprint density at radius 3 is 2.43 bits per heavy atom. The molecule has 3 heteroatoms. The minimum Gasteiger partial charge on any atom is -0.355 e. The standard InChI is InChI=1S/C18H27NOS/c1-14(2)12-18(9-3-4-10-18)13-19-17(20)11-15-5-7-16(21)8-6-15/h5-8,14,21H,3-4,9-13H2,1-2H3,(H,19,20). The Bertz CT molecular complexity index is 461. The summed E-state index contributed by atoms with van der Waals surface area (Å²) in [5.74, 6) is 0.833. The van der Waals surface area contributed by atoms with Gasteiger partial charge in [-0.05, 0) is 48.3 Å². The molecule has 0 bridgehead atoms. The van der Waals surface area contributed by atoms with Crippen LogP contribution in [0.2, 0.25) is 0 Å². The van der Waals surface area contributed by atoms with Crippen LogP contribution in [0.15, 0.2) is 29.2 Å². The molecule has 1 aromatic rings. The van der Waals surface area contributed by atoms with E-state index in [-0.39, 0.29) is 5.91 Å². The summed E-state index contributed by atoms with van der Waals surface area (Å²) in [5, 5.41) is 3.18. The third kappa shape index (κ3) is 5.06. The molecule has 1 saturated carbocycles. The summed E-state index contributed by atoms with van der Waals surface area (Å²) < 4.78 is 0. The Kier molecular flexibility index (Phi) is 5.74. The van der Waals surface area contributed by atoms with Gasteiger partial charge in [0, 0.05) is 11.4 Å². The van der Waals surface area contributed by atoms with Crippen molar-refractivity contribution in [1.82, 2.24) is 5.32 Å². The zero-order valence-corrected chi connectivity index (χ0v) is 14.1. The number of benzene rings is 1. The van der Waals surface area contributed by atoms with Gasteiger partial charge in [0.15, 0.2) is 0 Å². The van der Waals surface area contributed by atoms with Crippen molar-refractivity contribution in [2.45, 2.75) is 57.3 Å². The van der Waals surface area contributed by atoms with Gasteiger partial charge in [-0.2, -0.15) is 0 Å². The summed E-state index contributed by atoms with van der Waals surface area (Å²) in [4.78, 5) is 13.1. The molecule has 0 unspecified atom stereocenters. The van der Waals surface area contributed by atoms with Gasteiger partial charge in [0.2, 0.25) is 5.91 Å². The van der Waals surface area contributed by atoms with Crippen molar-refractivity contribution in [3.63, 3.8) is 0 Å². The SMILES string of the molecule is CC(C)CC1(CNC(=O)Cc2ccc(S)cc2)CCCC1. The Labute approximate surface area is 134 Å². The minimum absolute atomic E-state index is 0.136. The van der Waals surface area contributed by atoms with Gasteiger partial charge in [0.25, 0.3) is 0 Å². The van der Waals surface area contributed by atoms with E-state index in [1.165, 1.54) is 32.1 Å². The van der Waals surface area contributed by atoms with Crippen molar-refractivity contribution in [3.8, 4) is 0 Å².